The Labute approximate surface area is 97.4 Å². The molecule has 0 fully saturated rings. The van der Waals surface area contributed by atoms with E-state index in [2.05, 4.69) is 4.98 Å². The summed E-state index contributed by atoms with van der Waals surface area (Å²) in [5, 5.41) is 12.4. The van der Waals surface area contributed by atoms with E-state index < -0.39 is 11.4 Å². The van der Waals surface area contributed by atoms with Crippen LogP contribution < -0.4 is 0 Å². The maximum atomic E-state index is 12.8. The van der Waals surface area contributed by atoms with E-state index in [9.17, 15) is 9.50 Å². The Balaban J connectivity index is 2.46. The lowest BCUT2D eigenvalue weighted by molar-refractivity contribution is 0.101. The van der Waals surface area contributed by atoms with Crippen molar-refractivity contribution in [2.24, 2.45) is 0 Å². The van der Waals surface area contributed by atoms with Gasteiger partial charge in [-0.3, -0.25) is 4.98 Å². The summed E-state index contributed by atoms with van der Waals surface area (Å²) in [5.74, 6) is -0.401. The Morgan fingerprint density at radius 2 is 2.12 bits per heavy atom. The van der Waals surface area contributed by atoms with E-state index in [0.717, 1.165) is 16.6 Å². The summed E-state index contributed by atoms with van der Waals surface area (Å²) in [6.07, 6.45) is 1.12. The molecule has 1 N–H and O–H groups in total. The summed E-state index contributed by atoms with van der Waals surface area (Å²) >= 11 is 1.47. The van der Waals surface area contributed by atoms with Gasteiger partial charge in [-0.2, -0.15) is 0 Å². The average molecular weight is 237 g/mol. The lowest BCUT2D eigenvalue weighted by Gasteiger charge is -2.22. The SMILES string of the molecule is Cc1ccsc1C(C)(O)c1ccc(F)cn1. The molecular weight excluding hydrogens is 225 g/mol. The summed E-state index contributed by atoms with van der Waals surface area (Å²) in [6, 6.07) is 4.76. The average Bonchev–Trinajstić information content (AvgIpc) is 2.66. The Morgan fingerprint density at radius 3 is 2.62 bits per heavy atom. The number of pyridine rings is 1. The maximum Gasteiger partial charge on any atom is 0.141 e. The van der Waals surface area contributed by atoms with Crippen LogP contribution in [0, 0.1) is 12.7 Å². The van der Waals surface area contributed by atoms with Crippen molar-refractivity contribution in [3.63, 3.8) is 0 Å². The monoisotopic (exact) mass is 237 g/mol. The van der Waals surface area contributed by atoms with Crippen LogP contribution >= 0.6 is 11.3 Å². The van der Waals surface area contributed by atoms with Crippen LogP contribution in [0.4, 0.5) is 4.39 Å². The van der Waals surface area contributed by atoms with E-state index in [1.165, 1.54) is 23.5 Å². The van der Waals surface area contributed by atoms with E-state index in [-0.39, 0.29) is 0 Å². The fraction of sp³-hybridized carbons (Fsp3) is 0.250. The van der Waals surface area contributed by atoms with Crippen LogP contribution in [0.1, 0.15) is 23.1 Å². The van der Waals surface area contributed by atoms with Gasteiger partial charge in [0.25, 0.3) is 0 Å². The molecule has 1 atom stereocenters. The Hall–Kier alpha value is -1.26. The van der Waals surface area contributed by atoms with Crippen LogP contribution in [-0.2, 0) is 5.60 Å². The Morgan fingerprint density at radius 1 is 1.38 bits per heavy atom. The molecule has 0 aliphatic rings. The summed E-state index contributed by atoms with van der Waals surface area (Å²) in [5.41, 5.74) is 0.312. The van der Waals surface area contributed by atoms with Gasteiger partial charge in [-0.25, -0.2) is 4.39 Å². The van der Waals surface area contributed by atoms with E-state index in [0.29, 0.717) is 5.69 Å². The third-order valence-corrected chi connectivity index (χ3v) is 3.76. The molecule has 0 aliphatic carbocycles. The number of aryl methyl sites for hydroxylation is 1. The molecule has 16 heavy (non-hydrogen) atoms. The van der Waals surface area contributed by atoms with Crippen molar-refractivity contribution < 1.29 is 9.50 Å². The van der Waals surface area contributed by atoms with Crippen molar-refractivity contribution >= 4 is 11.3 Å². The molecule has 0 aromatic carbocycles. The normalized spacial score (nSPS) is 14.8. The van der Waals surface area contributed by atoms with Gasteiger partial charge in [-0.15, -0.1) is 11.3 Å². The lowest BCUT2D eigenvalue weighted by atomic mass is 9.97. The van der Waals surface area contributed by atoms with Gasteiger partial charge >= 0.3 is 0 Å². The van der Waals surface area contributed by atoms with Crippen LogP contribution in [0.5, 0.6) is 0 Å². The van der Waals surface area contributed by atoms with Gasteiger partial charge in [0.1, 0.15) is 11.4 Å². The van der Waals surface area contributed by atoms with Crippen molar-refractivity contribution in [2.75, 3.05) is 0 Å². The van der Waals surface area contributed by atoms with E-state index in [1.54, 1.807) is 6.92 Å². The molecule has 0 aliphatic heterocycles. The molecule has 84 valence electrons. The van der Waals surface area contributed by atoms with Crippen LogP contribution in [0.25, 0.3) is 0 Å². The van der Waals surface area contributed by atoms with E-state index in [1.807, 2.05) is 18.4 Å². The Bertz CT molecular complexity index is 490. The Kier molecular flexibility index (Phi) is 2.78. The predicted molar refractivity (Wildman–Crippen MR) is 61.9 cm³/mol. The van der Waals surface area contributed by atoms with Crippen LogP contribution in [0.15, 0.2) is 29.8 Å². The smallest absolute Gasteiger partial charge is 0.141 e. The second kappa shape index (κ2) is 3.96. The topological polar surface area (TPSA) is 33.1 Å². The number of hydrogen-bond donors (Lipinski definition) is 1. The first kappa shape index (κ1) is 11.2. The van der Waals surface area contributed by atoms with Gasteiger partial charge in [-0.05, 0) is 43.0 Å². The van der Waals surface area contributed by atoms with Gasteiger partial charge in [0.2, 0.25) is 0 Å². The highest BCUT2D eigenvalue weighted by atomic mass is 32.1. The van der Waals surface area contributed by atoms with Crippen LogP contribution in [0.3, 0.4) is 0 Å². The molecule has 0 radical (unpaired) electrons. The minimum Gasteiger partial charge on any atom is -0.378 e. The third-order valence-electron chi connectivity index (χ3n) is 2.53. The number of aromatic nitrogens is 1. The maximum absolute atomic E-state index is 12.8. The third kappa shape index (κ3) is 1.86. The highest BCUT2D eigenvalue weighted by molar-refractivity contribution is 7.10. The number of nitrogens with zero attached hydrogens (tertiary/aromatic N) is 1. The number of rotatable bonds is 2. The molecule has 2 rings (SSSR count). The van der Waals surface area contributed by atoms with Gasteiger partial charge in [0, 0.05) is 4.88 Å². The van der Waals surface area contributed by atoms with Crippen molar-refractivity contribution in [1.29, 1.82) is 0 Å². The highest BCUT2D eigenvalue weighted by Gasteiger charge is 2.29. The number of thiophene rings is 1. The largest absolute Gasteiger partial charge is 0.378 e. The van der Waals surface area contributed by atoms with Crippen LogP contribution in [0.2, 0.25) is 0 Å². The van der Waals surface area contributed by atoms with E-state index >= 15 is 0 Å². The molecule has 0 amide bonds. The summed E-state index contributed by atoms with van der Waals surface area (Å²) in [4.78, 5) is 4.77. The molecule has 0 bridgehead atoms. The fourth-order valence-electron chi connectivity index (χ4n) is 1.65. The molecule has 2 aromatic heterocycles. The van der Waals surface area contributed by atoms with Gasteiger partial charge < -0.3 is 5.11 Å². The fourth-order valence-corrected chi connectivity index (χ4v) is 2.65. The lowest BCUT2D eigenvalue weighted by Crippen LogP contribution is -2.23. The highest BCUT2D eigenvalue weighted by Crippen LogP contribution is 2.33. The second-order valence-electron chi connectivity index (χ2n) is 3.87. The van der Waals surface area contributed by atoms with Gasteiger partial charge in [0.05, 0.1) is 11.9 Å². The molecule has 4 heteroatoms. The number of aliphatic hydroxyl groups is 1. The first-order valence-corrected chi connectivity index (χ1v) is 5.79. The molecular formula is C12H12FNOS. The van der Waals surface area contributed by atoms with Crippen molar-refractivity contribution in [3.05, 3.63) is 51.7 Å². The summed E-state index contributed by atoms with van der Waals surface area (Å²) < 4.78 is 12.8. The van der Waals surface area contributed by atoms with E-state index in [4.69, 9.17) is 0 Å². The molecule has 2 nitrogen and oxygen atoms in total. The molecule has 0 saturated heterocycles. The number of halogens is 1. The molecule has 1 unspecified atom stereocenters. The predicted octanol–water partition coefficient (Wildman–Crippen LogP) is 2.85. The molecule has 2 aromatic rings. The zero-order valence-corrected chi connectivity index (χ0v) is 9.88. The summed E-state index contributed by atoms with van der Waals surface area (Å²) in [7, 11) is 0. The van der Waals surface area contributed by atoms with Crippen molar-refractivity contribution in [3.8, 4) is 0 Å². The molecule has 0 saturated carbocycles. The van der Waals surface area contributed by atoms with Crippen LogP contribution in [-0.4, -0.2) is 10.1 Å². The summed E-state index contributed by atoms with van der Waals surface area (Å²) in [6.45, 7) is 3.61. The molecule has 2 heterocycles. The minimum atomic E-state index is -1.16. The molecule has 0 spiro atoms. The second-order valence-corrected chi connectivity index (χ2v) is 4.78. The van der Waals surface area contributed by atoms with Crippen molar-refractivity contribution in [1.82, 2.24) is 4.98 Å². The first-order chi connectivity index (χ1) is 7.51. The zero-order valence-electron chi connectivity index (χ0n) is 9.07. The van der Waals surface area contributed by atoms with Crippen molar-refractivity contribution in [2.45, 2.75) is 19.4 Å². The minimum absolute atomic E-state index is 0.401. The standard InChI is InChI=1S/C12H12FNOS/c1-8-5-6-16-11(8)12(2,15)10-4-3-9(13)7-14-10/h3-7,15H,1-2H3. The first-order valence-electron chi connectivity index (χ1n) is 4.91. The quantitative estimate of drug-likeness (QED) is 0.871. The number of hydrogen-bond acceptors (Lipinski definition) is 3. The van der Waals surface area contributed by atoms with Gasteiger partial charge in [-0.1, -0.05) is 0 Å². The van der Waals surface area contributed by atoms with Gasteiger partial charge in [0.15, 0.2) is 0 Å². The zero-order chi connectivity index (χ0) is 11.8.